The fraction of sp³-hybridized carbons (Fsp3) is 0.200. The number of benzene rings is 1. The lowest BCUT2D eigenvalue weighted by molar-refractivity contribution is -0.139. The van der Waals surface area contributed by atoms with E-state index in [1.165, 1.54) is 25.3 Å². The maximum atomic E-state index is 12.8. The lowest BCUT2D eigenvalue weighted by atomic mass is 10.1. The molecule has 0 aliphatic heterocycles. The molecule has 1 heterocycles. The molecule has 0 amide bonds. The average molecular weight is 346 g/mol. The monoisotopic (exact) mass is 345 g/mol. The van der Waals surface area contributed by atoms with Crippen LogP contribution in [0.15, 0.2) is 30.3 Å². The summed E-state index contributed by atoms with van der Waals surface area (Å²) in [5.74, 6) is -0.870. The second-order valence-corrected chi connectivity index (χ2v) is 4.84. The molecule has 0 spiro atoms. The summed E-state index contributed by atoms with van der Waals surface area (Å²) in [6.45, 7) is 0. The molecule has 2 rings (SSSR count). The normalized spacial score (nSPS) is 11.2. The van der Waals surface area contributed by atoms with E-state index in [9.17, 15) is 18.0 Å². The van der Waals surface area contributed by atoms with Crippen molar-refractivity contribution in [3.8, 4) is 11.6 Å². The molecule has 1 aromatic heterocycles. The van der Waals surface area contributed by atoms with Crippen molar-refractivity contribution in [3.63, 3.8) is 0 Å². The molecule has 0 saturated carbocycles. The Morgan fingerprint density at radius 3 is 2.35 bits per heavy atom. The summed E-state index contributed by atoms with van der Waals surface area (Å²) < 4.78 is 48.0. The van der Waals surface area contributed by atoms with Crippen molar-refractivity contribution in [1.82, 2.24) is 4.98 Å². The number of hydrogen-bond acceptors (Lipinski definition) is 4. The Balaban J connectivity index is 2.42. The number of aromatic nitrogens is 1. The molecule has 2 aromatic rings. The summed E-state index contributed by atoms with van der Waals surface area (Å²) in [6, 6.07) is 6.03. The number of halogens is 4. The van der Waals surface area contributed by atoms with E-state index in [0.717, 1.165) is 19.2 Å². The third-order valence-electron chi connectivity index (χ3n) is 3.01. The molecule has 0 radical (unpaired) electrons. The fourth-order valence-corrected chi connectivity index (χ4v) is 2.15. The van der Waals surface area contributed by atoms with Gasteiger partial charge in [-0.3, -0.25) is 4.79 Å². The maximum absolute atomic E-state index is 12.8. The molecule has 0 bridgehead atoms. The lowest BCUT2D eigenvalue weighted by Gasteiger charge is -2.12. The SMILES string of the molecule is COc1ccc(C(=O)c2ccc(C(F)(F)F)c(OC)n2)cc1Cl. The molecule has 23 heavy (non-hydrogen) atoms. The molecule has 0 atom stereocenters. The first-order valence-electron chi connectivity index (χ1n) is 6.28. The number of ether oxygens (including phenoxy) is 2. The number of nitrogens with zero attached hydrogens (tertiary/aromatic N) is 1. The highest BCUT2D eigenvalue weighted by Crippen LogP contribution is 2.35. The van der Waals surface area contributed by atoms with E-state index < -0.39 is 23.4 Å². The molecule has 122 valence electrons. The van der Waals surface area contributed by atoms with Crippen LogP contribution in [0.1, 0.15) is 21.6 Å². The Morgan fingerprint density at radius 1 is 1.13 bits per heavy atom. The van der Waals surface area contributed by atoms with Gasteiger partial charge in [0.2, 0.25) is 11.7 Å². The van der Waals surface area contributed by atoms with Crippen molar-refractivity contribution in [2.45, 2.75) is 6.18 Å². The van der Waals surface area contributed by atoms with Crippen LogP contribution in [0.25, 0.3) is 0 Å². The van der Waals surface area contributed by atoms with E-state index in [0.29, 0.717) is 5.75 Å². The Labute approximate surface area is 134 Å². The summed E-state index contributed by atoms with van der Waals surface area (Å²) >= 11 is 5.93. The topological polar surface area (TPSA) is 48.4 Å². The smallest absolute Gasteiger partial charge is 0.421 e. The predicted molar refractivity (Wildman–Crippen MR) is 77.2 cm³/mol. The van der Waals surface area contributed by atoms with Gasteiger partial charge in [0.25, 0.3) is 0 Å². The maximum Gasteiger partial charge on any atom is 0.421 e. The minimum atomic E-state index is -4.62. The Kier molecular flexibility index (Phi) is 4.79. The molecule has 1 aromatic carbocycles. The van der Waals surface area contributed by atoms with Crippen molar-refractivity contribution in [2.75, 3.05) is 14.2 Å². The van der Waals surface area contributed by atoms with Gasteiger partial charge in [0.05, 0.1) is 19.2 Å². The van der Waals surface area contributed by atoms with Gasteiger partial charge in [-0.1, -0.05) is 11.6 Å². The highest BCUT2D eigenvalue weighted by Gasteiger charge is 2.35. The zero-order chi connectivity index (χ0) is 17.2. The summed E-state index contributed by atoms with van der Waals surface area (Å²) in [6.07, 6.45) is -4.62. The molecular weight excluding hydrogens is 335 g/mol. The predicted octanol–water partition coefficient (Wildman–Crippen LogP) is 4.00. The summed E-state index contributed by atoms with van der Waals surface area (Å²) in [5.41, 5.74) is -1.06. The fourth-order valence-electron chi connectivity index (χ4n) is 1.89. The Bertz CT molecular complexity index is 747. The molecule has 0 fully saturated rings. The van der Waals surface area contributed by atoms with Gasteiger partial charge in [-0.25, -0.2) is 4.98 Å². The van der Waals surface area contributed by atoms with Crippen molar-refractivity contribution in [2.24, 2.45) is 0 Å². The van der Waals surface area contributed by atoms with Gasteiger partial charge >= 0.3 is 6.18 Å². The quantitative estimate of drug-likeness (QED) is 0.786. The van der Waals surface area contributed by atoms with Crippen LogP contribution in [0.3, 0.4) is 0 Å². The highest BCUT2D eigenvalue weighted by atomic mass is 35.5. The van der Waals surface area contributed by atoms with E-state index in [1.807, 2.05) is 0 Å². The van der Waals surface area contributed by atoms with E-state index >= 15 is 0 Å². The lowest BCUT2D eigenvalue weighted by Crippen LogP contribution is -2.12. The second-order valence-electron chi connectivity index (χ2n) is 4.43. The van der Waals surface area contributed by atoms with Gasteiger partial charge in [-0.2, -0.15) is 13.2 Å². The van der Waals surface area contributed by atoms with Gasteiger partial charge in [0.1, 0.15) is 17.0 Å². The molecule has 4 nitrogen and oxygen atoms in total. The van der Waals surface area contributed by atoms with Gasteiger partial charge in [-0.15, -0.1) is 0 Å². The van der Waals surface area contributed by atoms with Crippen molar-refractivity contribution < 1.29 is 27.4 Å². The van der Waals surface area contributed by atoms with Crippen molar-refractivity contribution in [3.05, 3.63) is 52.2 Å². The van der Waals surface area contributed by atoms with Crippen LogP contribution in [0, 0.1) is 0 Å². The second kappa shape index (κ2) is 6.45. The number of alkyl halides is 3. The molecule has 0 N–H and O–H groups in total. The first-order chi connectivity index (χ1) is 10.8. The minimum Gasteiger partial charge on any atom is -0.495 e. The zero-order valence-electron chi connectivity index (χ0n) is 12.1. The highest BCUT2D eigenvalue weighted by molar-refractivity contribution is 6.32. The largest absolute Gasteiger partial charge is 0.495 e. The number of ketones is 1. The first kappa shape index (κ1) is 17.1. The first-order valence-corrected chi connectivity index (χ1v) is 6.66. The van der Waals surface area contributed by atoms with E-state index in [1.54, 1.807) is 0 Å². The summed E-state index contributed by atoms with van der Waals surface area (Å²) in [5, 5.41) is 0.206. The number of hydrogen-bond donors (Lipinski definition) is 0. The van der Waals surface area contributed by atoms with Crippen LogP contribution in [-0.4, -0.2) is 25.0 Å². The molecule has 8 heteroatoms. The van der Waals surface area contributed by atoms with E-state index in [4.69, 9.17) is 16.3 Å². The minimum absolute atomic E-state index is 0.171. The van der Waals surface area contributed by atoms with Gasteiger partial charge in [0.15, 0.2) is 0 Å². The van der Waals surface area contributed by atoms with Crippen LogP contribution in [0.5, 0.6) is 11.6 Å². The number of carbonyl (C=O) groups is 1. The number of methoxy groups -OCH3 is 2. The van der Waals surface area contributed by atoms with E-state index in [2.05, 4.69) is 9.72 Å². The molecule has 0 saturated heterocycles. The van der Waals surface area contributed by atoms with Gasteiger partial charge in [-0.05, 0) is 30.3 Å². The van der Waals surface area contributed by atoms with Gasteiger partial charge < -0.3 is 9.47 Å². The van der Waals surface area contributed by atoms with Gasteiger partial charge in [0, 0.05) is 5.56 Å². The van der Waals surface area contributed by atoms with Crippen molar-refractivity contribution >= 4 is 17.4 Å². The molecule has 0 aliphatic carbocycles. The Morgan fingerprint density at radius 2 is 1.83 bits per heavy atom. The Hall–Kier alpha value is -2.28. The van der Waals surface area contributed by atoms with Crippen LogP contribution in [0.4, 0.5) is 13.2 Å². The average Bonchev–Trinajstić information content (AvgIpc) is 2.52. The van der Waals surface area contributed by atoms with Crippen LogP contribution in [0.2, 0.25) is 5.02 Å². The third-order valence-corrected chi connectivity index (χ3v) is 3.30. The molecule has 0 aliphatic rings. The molecular formula is C15H11ClF3NO3. The third kappa shape index (κ3) is 3.56. The van der Waals surface area contributed by atoms with E-state index in [-0.39, 0.29) is 16.3 Å². The van der Waals surface area contributed by atoms with Crippen molar-refractivity contribution in [1.29, 1.82) is 0 Å². The summed E-state index contributed by atoms with van der Waals surface area (Å²) in [7, 11) is 2.47. The number of carbonyl (C=O) groups excluding carboxylic acids is 1. The number of pyridine rings is 1. The van der Waals surface area contributed by atoms with Crippen LogP contribution in [-0.2, 0) is 6.18 Å². The summed E-state index contributed by atoms with van der Waals surface area (Å²) in [4.78, 5) is 16.0. The van der Waals surface area contributed by atoms with Crippen LogP contribution >= 0.6 is 11.6 Å². The standard InChI is InChI=1S/C15H11ClF3NO3/c1-22-12-6-3-8(7-10(12)16)13(21)11-5-4-9(15(17,18)19)14(20-11)23-2/h3-7H,1-2H3. The number of rotatable bonds is 4. The zero-order valence-corrected chi connectivity index (χ0v) is 12.8. The molecule has 0 unspecified atom stereocenters. The van der Waals surface area contributed by atoms with Crippen LogP contribution < -0.4 is 9.47 Å².